The predicted octanol–water partition coefficient (Wildman–Crippen LogP) is 1.87. The zero-order chi connectivity index (χ0) is 13.8. The third-order valence-corrected chi connectivity index (χ3v) is 5.40. The van der Waals surface area contributed by atoms with Crippen LogP contribution in [0.4, 0.5) is 0 Å². The van der Waals surface area contributed by atoms with Crippen molar-refractivity contribution in [3.05, 3.63) is 29.3 Å². The van der Waals surface area contributed by atoms with E-state index < -0.39 is 9.84 Å². The van der Waals surface area contributed by atoms with Crippen LogP contribution in [0.15, 0.2) is 18.2 Å². The summed E-state index contributed by atoms with van der Waals surface area (Å²) in [7, 11) is -1.60. The molecule has 18 heavy (non-hydrogen) atoms. The number of sulfone groups is 1. The Morgan fingerprint density at radius 3 is 2.56 bits per heavy atom. The molecule has 102 valence electrons. The van der Waals surface area contributed by atoms with Gasteiger partial charge in [0.2, 0.25) is 0 Å². The van der Waals surface area contributed by atoms with Gasteiger partial charge in [0.15, 0.2) is 9.84 Å². The lowest BCUT2D eigenvalue weighted by Gasteiger charge is -2.14. The molecule has 0 radical (unpaired) electrons. The number of rotatable bonds is 6. The summed E-state index contributed by atoms with van der Waals surface area (Å²) in [5, 5.41) is -0.344. The van der Waals surface area contributed by atoms with Gasteiger partial charge < -0.3 is 10.5 Å². The highest BCUT2D eigenvalue weighted by Gasteiger charge is 2.21. The molecule has 0 aliphatic heterocycles. The molecule has 2 N–H and O–H groups in total. The highest BCUT2D eigenvalue weighted by molar-refractivity contribution is 7.91. The molecule has 0 bridgehead atoms. The maximum absolute atomic E-state index is 12.1. The van der Waals surface area contributed by atoms with Crippen molar-refractivity contribution in [2.24, 2.45) is 5.73 Å². The minimum atomic E-state index is -3.14. The molecule has 0 aromatic heterocycles. The zero-order valence-electron chi connectivity index (χ0n) is 11.1. The van der Waals surface area contributed by atoms with Gasteiger partial charge in [-0.05, 0) is 31.0 Å². The lowest BCUT2D eigenvalue weighted by atomic mass is 10.1. The summed E-state index contributed by atoms with van der Waals surface area (Å²) in [5.41, 5.74) is 7.16. The van der Waals surface area contributed by atoms with Crippen molar-refractivity contribution < 1.29 is 13.2 Å². The van der Waals surface area contributed by atoms with Crippen molar-refractivity contribution in [1.29, 1.82) is 0 Å². The molecule has 1 aromatic rings. The van der Waals surface area contributed by atoms with Gasteiger partial charge in [0, 0.05) is 12.1 Å². The van der Waals surface area contributed by atoms with E-state index in [9.17, 15) is 8.42 Å². The van der Waals surface area contributed by atoms with Gasteiger partial charge in [-0.3, -0.25) is 0 Å². The van der Waals surface area contributed by atoms with E-state index in [-0.39, 0.29) is 11.0 Å². The Morgan fingerprint density at radius 1 is 1.39 bits per heavy atom. The van der Waals surface area contributed by atoms with Gasteiger partial charge in [0.1, 0.15) is 5.75 Å². The van der Waals surface area contributed by atoms with E-state index in [4.69, 9.17) is 10.5 Å². The fourth-order valence-corrected chi connectivity index (χ4v) is 3.14. The van der Waals surface area contributed by atoms with Crippen LogP contribution in [0, 0.1) is 0 Å². The van der Waals surface area contributed by atoms with Crippen LogP contribution in [0.2, 0.25) is 0 Å². The Balaban J connectivity index is 3.09. The highest BCUT2D eigenvalue weighted by atomic mass is 32.2. The standard InChI is InChI=1S/C13H21NO3S/c1-4-10(2)18(15,16)9-12-7-11(8-14)5-6-13(12)17-3/h5-7,10H,4,8-9,14H2,1-3H3. The molecule has 1 aromatic carbocycles. The average Bonchev–Trinajstić information content (AvgIpc) is 2.37. The molecule has 1 rings (SSSR count). The van der Waals surface area contributed by atoms with E-state index in [1.165, 1.54) is 7.11 Å². The summed E-state index contributed by atoms with van der Waals surface area (Å²) < 4.78 is 29.4. The minimum absolute atomic E-state index is 0.000972. The molecule has 4 nitrogen and oxygen atoms in total. The first-order valence-corrected chi connectivity index (χ1v) is 7.73. The van der Waals surface area contributed by atoms with Gasteiger partial charge in [-0.1, -0.05) is 13.0 Å². The van der Waals surface area contributed by atoms with Crippen molar-refractivity contribution in [3.63, 3.8) is 0 Å². The first-order valence-electron chi connectivity index (χ1n) is 6.02. The summed E-state index contributed by atoms with van der Waals surface area (Å²) >= 11 is 0. The summed E-state index contributed by atoms with van der Waals surface area (Å²) in [6.07, 6.45) is 0.612. The van der Waals surface area contributed by atoms with Crippen LogP contribution < -0.4 is 10.5 Å². The van der Waals surface area contributed by atoms with Crippen molar-refractivity contribution >= 4 is 9.84 Å². The van der Waals surface area contributed by atoms with Crippen LogP contribution in [0.25, 0.3) is 0 Å². The maximum atomic E-state index is 12.1. The average molecular weight is 271 g/mol. The van der Waals surface area contributed by atoms with E-state index in [1.54, 1.807) is 19.1 Å². The molecular formula is C13H21NO3S. The number of hydrogen-bond acceptors (Lipinski definition) is 4. The lowest BCUT2D eigenvalue weighted by molar-refractivity contribution is 0.410. The monoisotopic (exact) mass is 271 g/mol. The lowest BCUT2D eigenvalue weighted by Crippen LogP contribution is -2.19. The molecule has 0 aliphatic rings. The summed E-state index contributed by atoms with van der Waals surface area (Å²) in [5.74, 6) is 0.595. The van der Waals surface area contributed by atoms with Crippen molar-refractivity contribution in [2.75, 3.05) is 7.11 Å². The third kappa shape index (κ3) is 3.46. The molecule has 1 unspecified atom stereocenters. The van der Waals surface area contributed by atoms with Crippen molar-refractivity contribution in [2.45, 2.75) is 37.8 Å². The molecule has 1 atom stereocenters. The first kappa shape index (κ1) is 15.0. The van der Waals surface area contributed by atoms with E-state index >= 15 is 0 Å². The normalized spacial score (nSPS) is 13.3. The molecular weight excluding hydrogens is 250 g/mol. The Morgan fingerprint density at radius 2 is 2.06 bits per heavy atom. The smallest absolute Gasteiger partial charge is 0.157 e. The van der Waals surface area contributed by atoms with E-state index in [2.05, 4.69) is 0 Å². The second-order valence-corrected chi connectivity index (χ2v) is 6.80. The fraction of sp³-hybridized carbons (Fsp3) is 0.538. The number of benzene rings is 1. The second-order valence-electron chi connectivity index (χ2n) is 4.38. The SMILES string of the molecule is CCC(C)S(=O)(=O)Cc1cc(CN)ccc1OC. The first-order chi connectivity index (χ1) is 8.44. The van der Waals surface area contributed by atoms with Crippen LogP contribution >= 0.6 is 0 Å². The van der Waals surface area contributed by atoms with Gasteiger partial charge in [0.05, 0.1) is 18.1 Å². The second kappa shape index (κ2) is 6.20. The number of nitrogens with two attached hydrogens (primary N) is 1. The van der Waals surface area contributed by atoms with Crippen LogP contribution in [0.3, 0.4) is 0 Å². The van der Waals surface area contributed by atoms with Crippen LogP contribution in [-0.2, 0) is 22.1 Å². The molecule has 0 saturated carbocycles. The molecule has 5 heteroatoms. The molecule has 0 amide bonds. The minimum Gasteiger partial charge on any atom is -0.496 e. The highest BCUT2D eigenvalue weighted by Crippen LogP contribution is 2.24. The largest absolute Gasteiger partial charge is 0.496 e. The Kier molecular flexibility index (Phi) is 5.16. The van der Waals surface area contributed by atoms with Gasteiger partial charge >= 0.3 is 0 Å². The fourth-order valence-electron chi connectivity index (χ4n) is 1.68. The molecule has 0 fully saturated rings. The number of hydrogen-bond donors (Lipinski definition) is 1. The van der Waals surface area contributed by atoms with Gasteiger partial charge in [-0.15, -0.1) is 0 Å². The summed E-state index contributed by atoms with van der Waals surface area (Å²) in [6.45, 7) is 3.99. The summed E-state index contributed by atoms with van der Waals surface area (Å²) in [4.78, 5) is 0. The van der Waals surface area contributed by atoms with Gasteiger partial charge in [-0.2, -0.15) is 0 Å². The topological polar surface area (TPSA) is 69.4 Å². The molecule has 0 saturated heterocycles. The zero-order valence-corrected chi connectivity index (χ0v) is 12.0. The quantitative estimate of drug-likeness (QED) is 0.857. The van der Waals surface area contributed by atoms with Crippen LogP contribution in [0.1, 0.15) is 31.4 Å². The number of ether oxygens (including phenoxy) is 1. The Bertz CT molecular complexity index is 497. The van der Waals surface area contributed by atoms with Crippen molar-refractivity contribution in [1.82, 2.24) is 0 Å². The van der Waals surface area contributed by atoms with E-state index in [1.807, 2.05) is 13.0 Å². The molecule has 0 heterocycles. The number of methoxy groups -OCH3 is 1. The summed E-state index contributed by atoms with van der Waals surface area (Å²) in [6, 6.07) is 5.42. The molecule has 0 spiro atoms. The van der Waals surface area contributed by atoms with Gasteiger partial charge in [0.25, 0.3) is 0 Å². The van der Waals surface area contributed by atoms with Crippen LogP contribution in [-0.4, -0.2) is 20.8 Å². The van der Waals surface area contributed by atoms with Crippen LogP contribution in [0.5, 0.6) is 5.75 Å². The third-order valence-electron chi connectivity index (χ3n) is 3.13. The Labute approximate surface area is 109 Å². The van der Waals surface area contributed by atoms with Gasteiger partial charge in [-0.25, -0.2) is 8.42 Å². The maximum Gasteiger partial charge on any atom is 0.157 e. The van der Waals surface area contributed by atoms with E-state index in [0.717, 1.165) is 5.56 Å². The van der Waals surface area contributed by atoms with Crippen molar-refractivity contribution in [3.8, 4) is 5.75 Å². The van der Waals surface area contributed by atoms with E-state index in [0.29, 0.717) is 24.3 Å². The molecule has 0 aliphatic carbocycles. The Hall–Kier alpha value is -1.07. The predicted molar refractivity (Wildman–Crippen MR) is 73.3 cm³/mol.